The van der Waals surface area contributed by atoms with Crippen molar-refractivity contribution in [3.63, 3.8) is 0 Å². The molecule has 1 saturated carbocycles. The van der Waals surface area contributed by atoms with E-state index in [9.17, 15) is 9.50 Å². The molecule has 3 atom stereocenters. The van der Waals surface area contributed by atoms with Gasteiger partial charge in [-0.25, -0.2) is 4.39 Å². The van der Waals surface area contributed by atoms with E-state index in [2.05, 4.69) is 9.80 Å². The van der Waals surface area contributed by atoms with Crippen molar-refractivity contribution >= 4 is 5.69 Å². The zero-order valence-electron chi connectivity index (χ0n) is 12.3. The summed E-state index contributed by atoms with van der Waals surface area (Å²) in [5, 5.41) is 9.78. The molecule has 0 radical (unpaired) electrons. The Morgan fingerprint density at radius 2 is 1.86 bits per heavy atom. The Balaban J connectivity index is 1.36. The van der Waals surface area contributed by atoms with Crippen molar-refractivity contribution in [2.24, 2.45) is 11.8 Å². The molecule has 3 aliphatic rings. The highest BCUT2D eigenvalue weighted by Gasteiger charge is 2.47. The maximum atomic E-state index is 13.8. The molecule has 0 amide bonds. The molecule has 4 rings (SSSR count). The summed E-state index contributed by atoms with van der Waals surface area (Å²) >= 11 is 0. The van der Waals surface area contributed by atoms with E-state index in [0.29, 0.717) is 12.0 Å². The van der Waals surface area contributed by atoms with Crippen LogP contribution in [0.1, 0.15) is 19.3 Å². The number of hydrogen-bond donors (Lipinski definition) is 1. The van der Waals surface area contributed by atoms with Crippen molar-refractivity contribution < 1.29 is 9.50 Å². The fraction of sp³-hybridized carbons (Fsp3) is 0.647. The lowest BCUT2D eigenvalue weighted by molar-refractivity contribution is -0.00448. The summed E-state index contributed by atoms with van der Waals surface area (Å²) in [7, 11) is 0. The highest BCUT2D eigenvalue weighted by molar-refractivity contribution is 5.47. The number of anilines is 1. The number of fused-ring (bicyclic) bond motifs is 1. The third-order valence-corrected chi connectivity index (χ3v) is 5.73. The van der Waals surface area contributed by atoms with E-state index >= 15 is 0 Å². The number of aliphatic hydroxyl groups is 1. The van der Waals surface area contributed by atoms with Crippen molar-refractivity contribution in [3.05, 3.63) is 30.1 Å². The maximum absolute atomic E-state index is 13.8. The molecular formula is C17H23FN2O. The number of aliphatic hydroxyl groups excluding tert-OH is 1. The van der Waals surface area contributed by atoms with Crippen LogP contribution in [0.2, 0.25) is 0 Å². The highest BCUT2D eigenvalue weighted by Crippen LogP contribution is 2.42. The van der Waals surface area contributed by atoms with Gasteiger partial charge in [-0.3, -0.25) is 4.90 Å². The molecule has 2 aliphatic heterocycles. The fourth-order valence-electron chi connectivity index (χ4n) is 4.38. The second kappa shape index (κ2) is 5.25. The molecule has 4 heteroatoms. The second-order valence-electron chi connectivity index (χ2n) is 6.85. The predicted octanol–water partition coefficient (Wildman–Crippen LogP) is 2.11. The topological polar surface area (TPSA) is 26.7 Å². The van der Waals surface area contributed by atoms with E-state index in [1.807, 2.05) is 12.1 Å². The van der Waals surface area contributed by atoms with Crippen molar-refractivity contribution in [3.8, 4) is 0 Å². The monoisotopic (exact) mass is 290 g/mol. The highest BCUT2D eigenvalue weighted by atomic mass is 19.1. The molecule has 3 nitrogen and oxygen atoms in total. The van der Waals surface area contributed by atoms with Crippen molar-refractivity contribution in [2.45, 2.75) is 31.4 Å². The molecule has 0 bridgehead atoms. The van der Waals surface area contributed by atoms with Crippen LogP contribution >= 0.6 is 0 Å². The van der Waals surface area contributed by atoms with Gasteiger partial charge < -0.3 is 10.0 Å². The quantitative estimate of drug-likeness (QED) is 0.903. The van der Waals surface area contributed by atoms with E-state index in [0.717, 1.165) is 57.0 Å². The summed E-state index contributed by atoms with van der Waals surface area (Å²) in [6, 6.07) is 7.69. The molecule has 1 aliphatic carbocycles. The van der Waals surface area contributed by atoms with Gasteiger partial charge in [0.15, 0.2) is 0 Å². The van der Waals surface area contributed by atoms with Gasteiger partial charge in [0, 0.05) is 38.1 Å². The first-order chi connectivity index (χ1) is 10.2. The van der Waals surface area contributed by atoms with Gasteiger partial charge in [0.2, 0.25) is 0 Å². The van der Waals surface area contributed by atoms with Gasteiger partial charge >= 0.3 is 0 Å². The summed E-state index contributed by atoms with van der Waals surface area (Å²) in [5.74, 6) is 1.14. The lowest BCUT2D eigenvalue weighted by atomic mass is 9.74. The van der Waals surface area contributed by atoms with E-state index < -0.39 is 0 Å². The largest absolute Gasteiger partial charge is 0.393 e. The molecule has 2 saturated heterocycles. The third kappa shape index (κ3) is 2.34. The normalized spacial score (nSPS) is 33.8. The molecule has 3 fully saturated rings. The van der Waals surface area contributed by atoms with Gasteiger partial charge in [-0.2, -0.15) is 0 Å². The van der Waals surface area contributed by atoms with Gasteiger partial charge in [-0.05, 0) is 37.3 Å². The Hall–Kier alpha value is -1.13. The van der Waals surface area contributed by atoms with Crippen LogP contribution in [0, 0.1) is 17.7 Å². The van der Waals surface area contributed by atoms with E-state index in [1.54, 1.807) is 12.1 Å². The van der Waals surface area contributed by atoms with Crippen molar-refractivity contribution in [1.82, 2.24) is 4.90 Å². The minimum atomic E-state index is -0.113. The molecule has 114 valence electrons. The van der Waals surface area contributed by atoms with E-state index in [4.69, 9.17) is 0 Å². The van der Waals surface area contributed by atoms with Gasteiger partial charge in [-0.15, -0.1) is 0 Å². The van der Waals surface area contributed by atoms with E-state index in [-0.39, 0.29) is 11.9 Å². The van der Waals surface area contributed by atoms with Gasteiger partial charge in [0.05, 0.1) is 11.8 Å². The molecule has 2 heterocycles. The molecule has 0 unspecified atom stereocenters. The number of piperidine rings is 1. The molecule has 1 aromatic rings. The molecule has 0 aromatic heterocycles. The number of para-hydroxylation sites is 1. The minimum Gasteiger partial charge on any atom is -0.393 e. The summed E-state index contributed by atoms with van der Waals surface area (Å²) in [6.07, 6.45) is 3.14. The van der Waals surface area contributed by atoms with Crippen LogP contribution in [0.3, 0.4) is 0 Å². The average molecular weight is 290 g/mol. The lowest BCUT2D eigenvalue weighted by Gasteiger charge is -2.38. The van der Waals surface area contributed by atoms with Crippen molar-refractivity contribution in [1.29, 1.82) is 0 Å². The van der Waals surface area contributed by atoms with Crippen LogP contribution in [0.4, 0.5) is 10.1 Å². The predicted molar refractivity (Wildman–Crippen MR) is 80.8 cm³/mol. The van der Waals surface area contributed by atoms with Crippen LogP contribution in [0.5, 0.6) is 0 Å². The molecular weight excluding hydrogens is 267 g/mol. The first-order valence-corrected chi connectivity index (χ1v) is 8.14. The Morgan fingerprint density at radius 3 is 2.52 bits per heavy atom. The van der Waals surface area contributed by atoms with Crippen LogP contribution in [0.15, 0.2) is 24.3 Å². The Kier molecular flexibility index (Phi) is 3.38. The smallest absolute Gasteiger partial charge is 0.146 e. The maximum Gasteiger partial charge on any atom is 0.146 e. The Bertz CT molecular complexity index is 515. The fourth-order valence-corrected chi connectivity index (χ4v) is 4.38. The summed E-state index contributed by atoms with van der Waals surface area (Å²) < 4.78 is 13.8. The zero-order chi connectivity index (χ0) is 14.4. The minimum absolute atomic E-state index is 0.0569. The summed E-state index contributed by atoms with van der Waals surface area (Å²) in [6.45, 7) is 4.09. The third-order valence-electron chi connectivity index (χ3n) is 5.73. The number of likely N-dealkylation sites (tertiary alicyclic amines) is 1. The van der Waals surface area contributed by atoms with E-state index in [1.165, 1.54) is 0 Å². The van der Waals surface area contributed by atoms with Crippen LogP contribution in [-0.2, 0) is 0 Å². The number of benzene rings is 1. The SMILES string of the molecule is O[C@@H]1C[C@@H]2CN(C3CCN(c4ccccc4F)CC3)C[C@@H]21. The molecule has 1 aromatic carbocycles. The van der Waals surface area contributed by atoms with Gasteiger partial charge in [0.25, 0.3) is 0 Å². The number of halogens is 1. The first-order valence-electron chi connectivity index (χ1n) is 8.14. The first kappa shape index (κ1) is 13.5. The van der Waals surface area contributed by atoms with Gasteiger partial charge in [-0.1, -0.05) is 12.1 Å². The molecule has 1 N–H and O–H groups in total. The number of nitrogens with zero attached hydrogens (tertiary/aromatic N) is 2. The van der Waals surface area contributed by atoms with Crippen molar-refractivity contribution in [2.75, 3.05) is 31.1 Å². The van der Waals surface area contributed by atoms with Crippen LogP contribution in [0.25, 0.3) is 0 Å². The summed E-state index contributed by atoms with van der Waals surface area (Å²) in [5.41, 5.74) is 0.743. The lowest BCUT2D eigenvalue weighted by Crippen LogP contribution is -2.44. The standard InChI is InChI=1S/C17H23FN2O/c18-15-3-1-2-4-16(15)19-7-5-13(6-8-19)20-10-12-9-17(21)14(12)11-20/h1-4,12-14,17,21H,5-11H2/t12-,14+,17-/m1/s1. The second-order valence-corrected chi connectivity index (χ2v) is 6.85. The van der Waals surface area contributed by atoms with Crippen LogP contribution in [-0.4, -0.2) is 48.3 Å². The Morgan fingerprint density at radius 1 is 1.10 bits per heavy atom. The Labute approximate surface area is 125 Å². The zero-order valence-corrected chi connectivity index (χ0v) is 12.3. The van der Waals surface area contributed by atoms with Crippen LogP contribution < -0.4 is 4.90 Å². The summed E-state index contributed by atoms with van der Waals surface area (Å²) in [4.78, 5) is 4.75. The molecule has 21 heavy (non-hydrogen) atoms. The number of rotatable bonds is 2. The number of hydrogen-bond acceptors (Lipinski definition) is 3. The molecule has 0 spiro atoms. The van der Waals surface area contributed by atoms with Gasteiger partial charge in [0.1, 0.15) is 5.82 Å². The average Bonchev–Trinajstić information content (AvgIpc) is 2.85.